The predicted octanol–water partition coefficient (Wildman–Crippen LogP) is 4.64. The van der Waals surface area contributed by atoms with Crippen molar-refractivity contribution in [3.05, 3.63) is 48.0 Å². The van der Waals surface area contributed by atoms with Gasteiger partial charge in [0.05, 0.1) is 13.2 Å². The summed E-state index contributed by atoms with van der Waals surface area (Å²) >= 11 is 0. The number of amides is 2. The lowest BCUT2D eigenvalue weighted by Crippen LogP contribution is -2.23. The highest BCUT2D eigenvalue weighted by Gasteiger charge is 2.22. The fourth-order valence-corrected chi connectivity index (χ4v) is 3.18. The van der Waals surface area contributed by atoms with Gasteiger partial charge < -0.3 is 19.7 Å². The molecule has 0 saturated carbocycles. The number of hydrogen-bond donors (Lipinski definition) is 1. The number of rotatable bonds is 9. The zero-order chi connectivity index (χ0) is 20.6. The van der Waals surface area contributed by atoms with Crippen molar-refractivity contribution >= 4 is 23.2 Å². The van der Waals surface area contributed by atoms with Crippen molar-refractivity contribution in [2.24, 2.45) is 0 Å². The molecule has 0 unspecified atom stereocenters. The maximum atomic E-state index is 12.8. The van der Waals surface area contributed by atoms with Crippen LogP contribution in [-0.4, -0.2) is 31.6 Å². The van der Waals surface area contributed by atoms with Crippen LogP contribution in [0.1, 0.15) is 49.9 Å². The summed E-state index contributed by atoms with van der Waals surface area (Å²) < 4.78 is 11.5. The Kier molecular flexibility index (Phi) is 7.11. The van der Waals surface area contributed by atoms with E-state index in [0.717, 1.165) is 24.9 Å². The van der Waals surface area contributed by atoms with Gasteiger partial charge in [-0.1, -0.05) is 19.9 Å². The van der Waals surface area contributed by atoms with Gasteiger partial charge in [-0.15, -0.1) is 0 Å². The molecule has 1 aliphatic heterocycles. The number of nitrogens with one attached hydrogen (secondary N) is 1. The Morgan fingerprint density at radius 3 is 2.48 bits per heavy atom. The molecule has 1 N–H and O–H groups in total. The van der Waals surface area contributed by atoms with E-state index in [4.69, 9.17) is 9.47 Å². The molecule has 154 valence electrons. The number of benzene rings is 2. The summed E-state index contributed by atoms with van der Waals surface area (Å²) in [4.78, 5) is 26.5. The summed E-state index contributed by atoms with van der Waals surface area (Å²) in [6.07, 6.45) is 3.20. The summed E-state index contributed by atoms with van der Waals surface area (Å²) in [5, 5.41) is 2.91. The highest BCUT2D eigenvalue weighted by Crippen LogP contribution is 2.30. The average molecular weight is 396 g/mol. The fraction of sp³-hybridized carbons (Fsp3) is 0.391. The topological polar surface area (TPSA) is 67.9 Å². The molecule has 0 radical (unpaired) electrons. The Morgan fingerprint density at radius 1 is 1.03 bits per heavy atom. The van der Waals surface area contributed by atoms with Crippen LogP contribution >= 0.6 is 0 Å². The van der Waals surface area contributed by atoms with E-state index in [1.165, 1.54) is 0 Å². The summed E-state index contributed by atoms with van der Waals surface area (Å²) in [6, 6.07) is 12.6. The average Bonchev–Trinajstić information content (AvgIpc) is 3.17. The Morgan fingerprint density at radius 2 is 1.79 bits per heavy atom. The first-order valence-electron chi connectivity index (χ1n) is 10.2. The second-order valence-corrected chi connectivity index (χ2v) is 7.01. The minimum atomic E-state index is -0.238. The van der Waals surface area contributed by atoms with E-state index in [1.54, 1.807) is 23.1 Å². The van der Waals surface area contributed by atoms with E-state index in [0.29, 0.717) is 48.9 Å². The standard InChI is InChI=1S/C23H28N2O4/c1-3-13-28-20-11-10-17(15-21(20)29-14-4-2)23(27)24-18-7-5-8-19(16-18)25-12-6-9-22(25)26/h5,7-8,10-11,15-16H,3-4,6,9,12-14H2,1-2H3,(H,24,27). The number of anilines is 2. The third-order valence-electron chi connectivity index (χ3n) is 4.62. The lowest BCUT2D eigenvalue weighted by molar-refractivity contribution is -0.117. The molecule has 29 heavy (non-hydrogen) atoms. The fourth-order valence-electron chi connectivity index (χ4n) is 3.18. The minimum absolute atomic E-state index is 0.119. The van der Waals surface area contributed by atoms with E-state index in [9.17, 15) is 9.59 Å². The predicted molar refractivity (Wildman–Crippen MR) is 114 cm³/mol. The van der Waals surface area contributed by atoms with E-state index < -0.39 is 0 Å². The van der Waals surface area contributed by atoms with Gasteiger partial charge in [0.15, 0.2) is 11.5 Å². The molecule has 1 heterocycles. The van der Waals surface area contributed by atoms with Crippen LogP contribution in [0.25, 0.3) is 0 Å². The molecule has 2 amide bonds. The number of carbonyl (C=O) groups is 2. The Balaban J connectivity index is 1.75. The SMILES string of the molecule is CCCOc1ccc(C(=O)Nc2cccc(N3CCCC3=O)c2)cc1OCCC. The number of carbonyl (C=O) groups excluding carboxylic acids is 2. The van der Waals surface area contributed by atoms with Crippen LogP contribution in [-0.2, 0) is 4.79 Å². The van der Waals surface area contributed by atoms with Crippen LogP contribution in [0, 0.1) is 0 Å². The van der Waals surface area contributed by atoms with Crippen molar-refractivity contribution in [1.82, 2.24) is 0 Å². The van der Waals surface area contributed by atoms with Crippen LogP contribution in [0.5, 0.6) is 11.5 Å². The first-order valence-corrected chi connectivity index (χ1v) is 10.2. The smallest absolute Gasteiger partial charge is 0.255 e. The van der Waals surface area contributed by atoms with E-state index >= 15 is 0 Å². The van der Waals surface area contributed by atoms with Crippen molar-refractivity contribution in [3.8, 4) is 11.5 Å². The highest BCUT2D eigenvalue weighted by molar-refractivity contribution is 6.05. The summed E-state index contributed by atoms with van der Waals surface area (Å²) in [5.41, 5.74) is 1.94. The Bertz CT molecular complexity index is 866. The maximum Gasteiger partial charge on any atom is 0.255 e. The molecule has 1 saturated heterocycles. The molecule has 0 aliphatic carbocycles. The normalized spacial score (nSPS) is 13.4. The van der Waals surface area contributed by atoms with Crippen LogP contribution in [0.3, 0.4) is 0 Å². The molecule has 0 bridgehead atoms. The molecular formula is C23H28N2O4. The molecular weight excluding hydrogens is 368 g/mol. The van der Waals surface area contributed by atoms with Gasteiger partial charge in [-0.25, -0.2) is 0 Å². The first-order chi connectivity index (χ1) is 14.1. The van der Waals surface area contributed by atoms with Crippen molar-refractivity contribution < 1.29 is 19.1 Å². The molecule has 6 heteroatoms. The lowest BCUT2D eigenvalue weighted by Gasteiger charge is -2.17. The number of hydrogen-bond acceptors (Lipinski definition) is 4. The van der Waals surface area contributed by atoms with Gasteiger partial charge in [0, 0.05) is 29.9 Å². The van der Waals surface area contributed by atoms with E-state index in [-0.39, 0.29) is 11.8 Å². The summed E-state index contributed by atoms with van der Waals surface area (Å²) in [7, 11) is 0. The van der Waals surface area contributed by atoms with Gasteiger partial charge in [-0.3, -0.25) is 9.59 Å². The number of ether oxygens (including phenoxy) is 2. The Hall–Kier alpha value is -3.02. The van der Waals surface area contributed by atoms with Gasteiger partial charge in [0.1, 0.15) is 0 Å². The Labute approximate surface area is 171 Å². The largest absolute Gasteiger partial charge is 0.490 e. The molecule has 0 atom stereocenters. The zero-order valence-corrected chi connectivity index (χ0v) is 17.1. The van der Waals surface area contributed by atoms with Crippen LogP contribution < -0.4 is 19.7 Å². The molecule has 0 spiro atoms. The van der Waals surface area contributed by atoms with Crippen LogP contribution in [0.4, 0.5) is 11.4 Å². The van der Waals surface area contributed by atoms with Crippen molar-refractivity contribution in [3.63, 3.8) is 0 Å². The van der Waals surface area contributed by atoms with Gasteiger partial charge in [0.2, 0.25) is 5.91 Å². The van der Waals surface area contributed by atoms with Gasteiger partial charge in [0.25, 0.3) is 5.91 Å². The first kappa shape index (κ1) is 20.7. The van der Waals surface area contributed by atoms with Gasteiger partial charge in [-0.05, 0) is 55.7 Å². The monoisotopic (exact) mass is 396 g/mol. The second-order valence-electron chi connectivity index (χ2n) is 7.01. The van der Waals surface area contributed by atoms with Crippen molar-refractivity contribution in [2.45, 2.75) is 39.5 Å². The van der Waals surface area contributed by atoms with Crippen LogP contribution in [0.15, 0.2) is 42.5 Å². The summed E-state index contributed by atoms with van der Waals surface area (Å²) in [5.74, 6) is 1.10. The van der Waals surface area contributed by atoms with Crippen molar-refractivity contribution in [1.29, 1.82) is 0 Å². The molecule has 2 aromatic carbocycles. The molecule has 0 aromatic heterocycles. The number of nitrogens with zero attached hydrogens (tertiary/aromatic N) is 1. The van der Waals surface area contributed by atoms with E-state index in [2.05, 4.69) is 5.32 Å². The van der Waals surface area contributed by atoms with Gasteiger partial charge >= 0.3 is 0 Å². The maximum absolute atomic E-state index is 12.8. The molecule has 6 nitrogen and oxygen atoms in total. The zero-order valence-electron chi connectivity index (χ0n) is 17.1. The minimum Gasteiger partial charge on any atom is -0.490 e. The quantitative estimate of drug-likeness (QED) is 0.670. The van der Waals surface area contributed by atoms with E-state index in [1.807, 2.05) is 38.1 Å². The molecule has 2 aromatic rings. The third-order valence-corrected chi connectivity index (χ3v) is 4.62. The van der Waals surface area contributed by atoms with Crippen LogP contribution in [0.2, 0.25) is 0 Å². The molecule has 1 aliphatic rings. The highest BCUT2D eigenvalue weighted by atomic mass is 16.5. The molecule has 3 rings (SSSR count). The van der Waals surface area contributed by atoms with Gasteiger partial charge in [-0.2, -0.15) is 0 Å². The third kappa shape index (κ3) is 5.28. The summed E-state index contributed by atoms with van der Waals surface area (Å²) in [6.45, 7) is 5.93. The second kappa shape index (κ2) is 9.96. The molecule has 1 fully saturated rings. The lowest BCUT2D eigenvalue weighted by atomic mass is 10.1. The van der Waals surface area contributed by atoms with Crippen molar-refractivity contribution in [2.75, 3.05) is 30.0 Å².